The molecule has 0 radical (unpaired) electrons. The first kappa shape index (κ1) is 11.6. The van der Waals surface area contributed by atoms with E-state index >= 15 is 0 Å². The lowest BCUT2D eigenvalue weighted by Crippen LogP contribution is -2.25. The SMILES string of the molecule is [2H]C1([2H])CC(C2CCC(c3ccc(F)c(F)c3)CC2)CC([2H])([2H])C1CC. The summed E-state index contributed by atoms with van der Waals surface area (Å²) in [6, 6.07) is 4.14. The Balaban J connectivity index is 1.65. The molecule has 2 aliphatic carbocycles. The smallest absolute Gasteiger partial charge is 0.159 e. The molecule has 22 heavy (non-hydrogen) atoms. The Morgan fingerprint density at radius 3 is 2.18 bits per heavy atom. The summed E-state index contributed by atoms with van der Waals surface area (Å²) in [5.74, 6) is -1.57. The van der Waals surface area contributed by atoms with E-state index < -0.39 is 30.3 Å². The highest BCUT2D eigenvalue weighted by atomic mass is 19.2. The Kier molecular flexibility index (Phi) is 3.74. The highest BCUT2D eigenvalue weighted by molar-refractivity contribution is 5.22. The zero-order valence-electron chi connectivity index (χ0n) is 17.2. The van der Waals surface area contributed by atoms with Gasteiger partial charge in [-0.2, -0.15) is 0 Å². The Hall–Kier alpha value is -0.920. The monoisotopic (exact) mass is 310 g/mol. The molecule has 0 aliphatic heterocycles. The van der Waals surface area contributed by atoms with Crippen molar-refractivity contribution >= 4 is 0 Å². The van der Waals surface area contributed by atoms with Crippen LogP contribution in [0, 0.1) is 29.4 Å². The van der Waals surface area contributed by atoms with Gasteiger partial charge in [-0.15, -0.1) is 0 Å². The predicted molar refractivity (Wildman–Crippen MR) is 86.8 cm³/mol. The summed E-state index contributed by atoms with van der Waals surface area (Å²) >= 11 is 0. The fourth-order valence-electron chi connectivity index (χ4n) is 4.04. The van der Waals surface area contributed by atoms with E-state index in [1.807, 2.05) is 6.92 Å². The van der Waals surface area contributed by atoms with Gasteiger partial charge in [-0.1, -0.05) is 32.2 Å². The molecule has 0 nitrogen and oxygen atoms in total. The molecule has 0 aromatic heterocycles. The third-order valence-electron chi connectivity index (χ3n) is 5.51. The van der Waals surface area contributed by atoms with Gasteiger partial charge in [0, 0.05) is 5.48 Å². The van der Waals surface area contributed by atoms with Crippen molar-refractivity contribution in [2.75, 3.05) is 0 Å². The summed E-state index contributed by atoms with van der Waals surface area (Å²) in [5, 5.41) is 0. The fraction of sp³-hybridized carbons (Fsp3) is 0.700. The number of hydrogen-bond donors (Lipinski definition) is 0. The number of rotatable bonds is 3. The van der Waals surface area contributed by atoms with Crippen molar-refractivity contribution in [3.8, 4) is 0 Å². The van der Waals surface area contributed by atoms with Gasteiger partial charge < -0.3 is 0 Å². The summed E-state index contributed by atoms with van der Waals surface area (Å²) in [6.45, 7) is 1.87. The standard InChI is InChI=1S/C20H28F2/c1-2-14-3-5-15(6-4-14)16-7-9-17(10-8-16)18-11-12-19(21)20(22)13-18/h11-17H,2-10H2,1H3/i3D2,4D2. The molecule has 2 saturated carbocycles. The van der Waals surface area contributed by atoms with E-state index in [4.69, 9.17) is 5.48 Å². The largest absolute Gasteiger partial charge is 0.204 e. The molecule has 2 aliphatic rings. The molecule has 1 aromatic carbocycles. The molecule has 0 spiro atoms. The number of benzene rings is 1. The average Bonchev–Trinajstić information content (AvgIpc) is 2.56. The van der Waals surface area contributed by atoms with Crippen LogP contribution in [0.5, 0.6) is 0 Å². The minimum Gasteiger partial charge on any atom is -0.204 e. The quantitative estimate of drug-likeness (QED) is 0.601. The van der Waals surface area contributed by atoms with Crippen molar-refractivity contribution in [3.63, 3.8) is 0 Å². The van der Waals surface area contributed by atoms with E-state index in [1.165, 1.54) is 12.1 Å². The molecular formula is C20H28F2. The summed E-state index contributed by atoms with van der Waals surface area (Å²) < 4.78 is 60.0. The topological polar surface area (TPSA) is 0 Å². The highest BCUT2D eigenvalue weighted by Crippen LogP contribution is 2.44. The molecule has 0 N–H and O–H groups in total. The Morgan fingerprint density at radius 2 is 1.59 bits per heavy atom. The number of halogens is 2. The first-order valence-corrected chi connectivity index (χ1v) is 8.59. The third-order valence-corrected chi connectivity index (χ3v) is 5.51. The zero-order chi connectivity index (χ0) is 19.1. The van der Waals surface area contributed by atoms with Gasteiger partial charge >= 0.3 is 0 Å². The molecule has 0 amide bonds. The average molecular weight is 310 g/mol. The molecule has 0 bridgehead atoms. The van der Waals surface area contributed by atoms with Crippen molar-refractivity contribution in [1.29, 1.82) is 0 Å². The molecule has 0 atom stereocenters. The van der Waals surface area contributed by atoms with Gasteiger partial charge in [-0.25, -0.2) is 8.78 Å². The lowest BCUT2D eigenvalue weighted by molar-refractivity contribution is 0.158. The van der Waals surface area contributed by atoms with Crippen LogP contribution in [0.25, 0.3) is 0 Å². The molecule has 0 saturated heterocycles. The minimum absolute atomic E-state index is 0.0636. The van der Waals surface area contributed by atoms with Crippen LogP contribution in [0.4, 0.5) is 8.78 Å². The van der Waals surface area contributed by atoms with Crippen LogP contribution in [-0.2, 0) is 0 Å². The summed E-state index contributed by atoms with van der Waals surface area (Å²) in [4.78, 5) is 0. The molecule has 122 valence electrons. The Bertz CT molecular complexity index is 621. The first-order chi connectivity index (χ1) is 12.1. The zero-order valence-corrected chi connectivity index (χ0v) is 13.2. The van der Waals surface area contributed by atoms with Crippen LogP contribution in [0.1, 0.15) is 81.6 Å². The summed E-state index contributed by atoms with van der Waals surface area (Å²) in [7, 11) is 0. The Labute approximate surface area is 138 Å². The van der Waals surface area contributed by atoms with Gasteiger partial charge in [-0.3, -0.25) is 0 Å². The van der Waals surface area contributed by atoms with E-state index in [9.17, 15) is 8.78 Å². The molecule has 3 rings (SSSR count). The summed E-state index contributed by atoms with van der Waals surface area (Å²) in [6.07, 6.45) is 2.02. The van der Waals surface area contributed by atoms with Gasteiger partial charge in [-0.05, 0) is 79.9 Å². The van der Waals surface area contributed by atoms with E-state index in [1.54, 1.807) is 6.07 Å². The van der Waals surface area contributed by atoms with E-state index in [2.05, 4.69) is 0 Å². The molecule has 2 heteroatoms. The molecular weight excluding hydrogens is 278 g/mol. The van der Waals surface area contributed by atoms with Crippen molar-refractivity contribution in [1.82, 2.24) is 0 Å². The van der Waals surface area contributed by atoms with Gasteiger partial charge in [0.1, 0.15) is 0 Å². The lowest BCUT2D eigenvalue weighted by Gasteiger charge is -2.38. The second-order valence-corrected chi connectivity index (χ2v) is 6.82. The third kappa shape index (κ3) is 3.52. The first-order valence-electron chi connectivity index (χ1n) is 10.6. The molecule has 2 fully saturated rings. The van der Waals surface area contributed by atoms with E-state index in [0.29, 0.717) is 25.2 Å². The van der Waals surface area contributed by atoms with Crippen molar-refractivity contribution in [3.05, 3.63) is 35.4 Å². The van der Waals surface area contributed by atoms with Crippen LogP contribution >= 0.6 is 0 Å². The van der Waals surface area contributed by atoms with Gasteiger partial charge in [0.25, 0.3) is 0 Å². The van der Waals surface area contributed by atoms with Gasteiger partial charge in [0.15, 0.2) is 11.6 Å². The van der Waals surface area contributed by atoms with Crippen molar-refractivity contribution < 1.29 is 14.3 Å². The number of hydrogen-bond acceptors (Lipinski definition) is 0. The maximum absolute atomic E-state index is 13.5. The van der Waals surface area contributed by atoms with Crippen LogP contribution in [-0.4, -0.2) is 0 Å². The van der Waals surface area contributed by atoms with E-state index in [-0.39, 0.29) is 11.8 Å². The van der Waals surface area contributed by atoms with Crippen molar-refractivity contribution in [2.24, 2.45) is 17.8 Å². The Morgan fingerprint density at radius 1 is 0.955 bits per heavy atom. The summed E-state index contributed by atoms with van der Waals surface area (Å²) in [5.41, 5.74) is 0.836. The molecule has 0 heterocycles. The van der Waals surface area contributed by atoms with Crippen molar-refractivity contribution in [2.45, 2.75) is 70.5 Å². The lowest BCUT2D eigenvalue weighted by atomic mass is 9.68. The van der Waals surface area contributed by atoms with Crippen LogP contribution in [0.3, 0.4) is 0 Å². The van der Waals surface area contributed by atoms with Gasteiger partial charge in [0.2, 0.25) is 0 Å². The maximum Gasteiger partial charge on any atom is 0.159 e. The minimum atomic E-state index is -1.46. The van der Waals surface area contributed by atoms with Crippen LogP contribution in [0.15, 0.2) is 18.2 Å². The van der Waals surface area contributed by atoms with E-state index in [0.717, 1.165) is 31.2 Å². The molecule has 0 unspecified atom stereocenters. The maximum atomic E-state index is 13.5. The predicted octanol–water partition coefficient (Wildman–Crippen LogP) is 6.46. The highest BCUT2D eigenvalue weighted by Gasteiger charge is 2.31. The second kappa shape index (κ2) is 7.10. The van der Waals surface area contributed by atoms with Crippen LogP contribution < -0.4 is 0 Å². The normalized spacial score (nSPS) is 40.1. The fourth-order valence-corrected chi connectivity index (χ4v) is 4.04. The second-order valence-electron chi connectivity index (χ2n) is 6.82. The van der Waals surface area contributed by atoms with Crippen LogP contribution in [0.2, 0.25) is 0 Å². The molecule has 1 aromatic rings. The van der Waals surface area contributed by atoms with Gasteiger partial charge in [0.05, 0.1) is 0 Å².